The Hall–Kier alpha value is -2.20. The van der Waals surface area contributed by atoms with E-state index in [1.165, 1.54) is 32.1 Å². The number of fused-ring (bicyclic) bond motifs is 1. The molecule has 2 aromatic carbocycles. The molecule has 1 heterocycles. The van der Waals surface area contributed by atoms with Crippen molar-refractivity contribution in [1.82, 2.24) is 0 Å². The average molecular weight is 408 g/mol. The summed E-state index contributed by atoms with van der Waals surface area (Å²) in [5.74, 6) is 1.45. The zero-order chi connectivity index (χ0) is 20.2. The molecular weight excluding hydrogens is 378 g/mol. The van der Waals surface area contributed by atoms with Crippen molar-refractivity contribution in [3.63, 3.8) is 0 Å². The van der Waals surface area contributed by atoms with E-state index < -0.39 is 0 Å². The highest BCUT2D eigenvalue weighted by Crippen LogP contribution is 2.35. The third-order valence-corrected chi connectivity index (χ3v) is 7.15. The van der Waals surface area contributed by atoms with Crippen LogP contribution in [-0.2, 0) is 5.75 Å². The Kier molecular flexibility index (Phi) is 6.29. The fourth-order valence-corrected chi connectivity index (χ4v) is 5.51. The number of carbonyl (C=O) groups is 1. The van der Waals surface area contributed by atoms with Crippen LogP contribution >= 0.6 is 11.8 Å². The van der Waals surface area contributed by atoms with Gasteiger partial charge in [-0.2, -0.15) is 11.8 Å². The summed E-state index contributed by atoms with van der Waals surface area (Å²) >= 11 is 1.98. The van der Waals surface area contributed by atoms with Crippen LogP contribution in [0.25, 0.3) is 11.0 Å². The van der Waals surface area contributed by atoms with E-state index in [0.717, 1.165) is 33.5 Å². The molecule has 1 N–H and O–H groups in total. The van der Waals surface area contributed by atoms with Gasteiger partial charge in [-0.05, 0) is 36.5 Å². The van der Waals surface area contributed by atoms with Crippen molar-refractivity contribution in [3.05, 3.63) is 65.4 Å². The number of anilines is 1. The molecule has 3 nitrogen and oxygen atoms in total. The summed E-state index contributed by atoms with van der Waals surface area (Å²) < 4.78 is 6.05. The van der Waals surface area contributed by atoms with E-state index in [1.54, 1.807) is 0 Å². The molecule has 0 radical (unpaired) electrons. The lowest BCUT2D eigenvalue weighted by Gasteiger charge is -2.21. The van der Waals surface area contributed by atoms with E-state index >= 15 is 0 Å². The number of furan rings is 1. The molecule has 1 fully saturated rings. The maximum atomic E-state index is 13.2. The van der Waals surface area contributed by atoms with E-state index in [-0.39, 0.29) is 5.91 Å². The Morgan fingerprint density at radius 3 is 2.59 bits per heavy atom. The normalized spacial score (nSPS) is 15.1. The van der Waals surface area contributed by atoms with Gasteiger partial charge in [-0.15, -0.1) is 0 Å². The van der Waals surface area contributed by atoms with Crippen molar-refractivity contribution in [1.29, 1.82) is 0 Å². The topological polar surface area (TPSA) is 42.2 Å². The van der Waals surface area contributed by atoms with Crippen molar-refractivity contribution in [2.75, 3.05) is 5.32 Å². The number of para-hydroxylation sites is 2. The number of carbonyl (C=O) groups excluding carboxylic acids is 1. The maximum Gasteiger partial charge on any atom is 0.291 e. The summed E-state index contributed by atoms with van der Waals surface area (Å²) in [5, 5.41) is 4.85. The number of hydrogen-bond acceptors (Lipinski definition) is 3. The molecule has 4 rings (SSSR count). The summed E-state index contributed by atoms with van der Waals surface area (Å²) in [5.41, 5.74) is 3.80. The molecule has 0 saturated heterocycles. The van der Waals surface area contributed by atoms with E-state index in [2.05, 4.69) is 31.3 Å². The molecule has 0 aliphatic heterocycles. The first kappa shape index (κ1) is 20.1. The minimum absolute atomic E-state index is 0.159. The minimum atomic E-state index is -0.159. The number of hydrogen-bond donors (Lipinski definition) is 1. The number of nitrogens with one attached hydrogen (secondary N) is 1. The van der Waals surface area contributed by atoms with Gasteiger partial charge in [0.2, 0.25) is 0 Å². The molecule has 0 bridgehead atoms. The van der Waals surface area contributed by atoms with Crippen LogP contribution in [0.4, 0.5) is 5.69 Å². The highest BCUT2D eigenvalue weighted by Gasteiger charge is 2.23. The zero-order valence-corrected chi connectivity index (χ0v) is 18.1. The predicted molar refractivity (Wildman–Crippen MR) is 123 cm³/mol. The summed E-state index contributed by atoms with van der Waals surface area (Å²) in [4.78, 5) is 13.2. The van der Waals surface area contributed by atoms with Crippen LogP contribution in [0.2, 0.25) is 0 Å². The Bertz CT molecular complexity index is 985. The minimum Gasteiger partial charge on any atom is -0.451 e. The standard InChI is InChI=1S/C25H29NO2S/c1-17(2)19-12-6-8-14-22(19)26-25(27)24-21(16-29-18-10-4-3-5-11-18)20-13-7-9-15-23(20)28-24/h6-9,12-15,17-18H,3-5,10-11,16H2,1-2H3,(H,26,27). The highest BCUT2D eigenvalue weighted by atomic mass is 32.2. The third-order valence-electron chi connectivity index (χ3n) is 5.75. The summed E-state index contributed by atoms with van der Waals surface area (Å²) in [6, 6.07) is 16.0. The highest BCUT2D eigenvalue weighted by molar-refractivity contribution is 7.99. The smallest absolute Gasteiger partial charge is 0.291 e. The molecule has 1 saturated carbocycles. The molecular formula is C25H29NO2S. The van der Waals surface area contributed by atoms with Crippen LogP contribution in [0.1, 0.15) is 73.6 Å². The van der Waals surface area contributed by atoms with Gasteiger partial charge in [-0.1, -0.05) is 69.5 Å². The molecule has 29 heavy (non-hydrogen) atoms. The van der Waals surface area contributed by atoms with Crippen molar-refractivity contribution in [3.8, 4) is 0 Å². The Morgan fingerprint density at radius 2 is 1.79 bits per heavy atom. The van der Waals surface area contributed by atoms with Gasteiger partial charge in [0.15, 0.2) is 5.76 Å². The van der Waals surface area contributed by atoms with E-state index in [0.29, 0.717) is 16.9 Å². The molecule has 1 amide bonds. The Labute approximate surface area is 177 Å². The van der Waals surface area contributed by atoms with E-state index in [1.807, 2.05) is 48.2 Å². The lowest BCUT2D eigenvalue weighted by molar-refractivity contribution is 0.0997. The Morgan fingerprint density at radius 1 is 1.07 bits per heavy atom. The first-order valence-corrected chi connectivity index (χ1v) is 11.7. The van der Waals surface area contributed by atoms with Crippen molar-refractivity contribution in [2.45, 2.75) is 62.9 Å². The molecule has 4 heteroatoms. The average Bonchev–Trinajstić information content (AvgIpc) is 3.12. The summed E-state index contributed by atoms with van der Waals surface area (Å²) in [7, 11) is 0. The van der Waals surface area contributed by atoms with Crippen LogP contribution in [0.3, 0.4) is 0 Å². The monoisotopic (exact) mass is 407 g/mol. The number of rotatable bonds is 6. The third kappa shape index (κ3) is 4.53. The number of amides is 1. The second-order valence-corrected chi connectivity index (χ2v) is 9.46. The largest absolute Gasteiger partial charge is 0.451 e. The number of thioether (sulfide) groups is 1. The Balaban J connectivity index is 1.61. The molecule has 3 aromatic rings. The molecule has 152 valence electrons. The maximum absolute atomic E-state index is 13.2. The lowest BCUT2D eigenvalue weighted by atomic mass is 10.0. The van der Waals surface area contributed by atoms with Crippen LogP contribution in [0.15, 0.2) is 52.9 Å². The fourth-order valence-electron chi connectivity index (χ4n) is 4.15. The van der Waals surface area contributed by atoms with Gasteiger partial charge >= 0.3 is 0 Å². The van der Waals surface area contributed by atoms with Crippen molar-refractivity contribution >= 4 is 34.3 Å². The second kappa shape index (κ2) is 9.08. The fraction of sp³-hybridized carbons (Fsp3) is 0.400. The first-order valence-electron chi connectivity index (χ1n) is 10.7. The molecule has 1 aromatic heterocycles. The SMILES string of the molecule is CC(C)c1ccccc1NC(=O)c1oc2ccccc2c1CSC1CCCCC1. The van der Waals surface area contributed by atoms with E-state index in [4.69, 9.17) is 4.42 Å². The van der Waals surface area contributed by atoms with Crippen LogP contribution in [-0.4, -0.2) is 11.2 Å². The predicted octanol–water partition coefficient (Wildman–Crippen LogP) is 7.37. The lowest BCUT2D eigenvalue weighted by Crippen LogP contribution is -2.15. The van der Waals surface area contributed by atoms with Gasteiger partial charge < -0.3 is 9.73 Å². The quantitative estimate of drug-likeness (QED) is 0.463. The van der Waals surface area contributed by atoms with Crippen LogP contribution in [0, 0.1) is 0 Å². The van der Waals surface area contributed by atoms with Gasteiger partial charge in [-0.3, -0.25) is 4.79 Å². The van der Waals surface area contributed by atoms with Gasteiger partial charge in [0.05, 0.1) is 0 Å². The van der Waals surface area contributed by atoms with Crippen LogP contribution < -0.4 is 5.32 Å². The van der Waals surface area contributed by atoms with Gasteiger partial charge in [0, 0.05) is 27.6 Å². The van der Waals surface area contributed by atoms with Gasteiger partial charge in [-0.25, -0.2) is 0 Å². The van der Waals surface area contributed by atoms with Crippen molar-refractivity contribution < 1.29 is 9.21 Å². The second-order valence-electron chi connectivity index (χ2n) is 8.17. The molecule has 0 atom stereocenters. The first-order chi connectivity index (χ1) is 14.1. The summed E-state index contributed by atoms with van der Waals surface area (Å²) in [6.07, 6.45) is 6.56. The van der Waals surface area contributed by atoms with Crippen LogP contribution in [0.5, 0.6) is 0 Å². The van der Waals surface area contributed by atoms with Gasteiger partial charge in [0.1, 0.15) is 5.58 Å². The molecule has 1 aliphatic rings. The van der Waals surface area contributed by atoms with Gasteiger partial charge in [0.25, 0.3) is 5.91 Å². The molecule has 1 aliphatic carbocycles. The molecule has 0 unspecified atom stereocenters. The summed E-state index contributed by atoms with van der Waals surface area (Å²) in [6.45, 7) is 4.27. The van der Waals surface area contributed by atoms with E-state index in [9.17, 15) is 4.79 Å². The zero-order valence-electron chi connectivity index (χ0n) is 17.2. The van der Waals surface area contributed by atoms with Crippen molar-refractivity contribution in [2.24, 2.45) is 0 Å². The number of benzene rings is 2. The molecule has 0 spiro atoms.